The van der Waals surface area contributed by atoms with Gasteiger partial charge in [-0.05, 0) is 25.7 Å². The van der Waals surface area contributed by atoms with Gasteiger partial charge in [-0.25, -0.2) is 8.42 Å². The second kappa shape index (κ2) is 4.94. The van der Waals surface area contributed by atoms with Crippen molar-refractivity contribution < 1.29 is 17.9 Å². The minimum Gasteiger partial charge on any atom is -0.465 e. The van der Waals surface area contributed by atoms with Gasteiger partial charge in [0.15, 0.2) is 0 Å². The highest BCUT2D eigenvalue weighted by Gasteiger charge is 2.31. The summed E-state index contributed by atoms with van der Waals surface area (Å²) in [6.07, 6.45) is 0.921. The SMILES string of the molecule is CCOC(=O)C(N)C1CCS(=O)(=O)CC1. The average Bonchev–Trinajstić information content (AvgIpc) is 2.17. The van der Waals surface area contributed by atoms with Gasteiger partial charge in [0, 0.05) is 0 Å². The molecule has 1 heterocycles. The number of hydrogen-bond donors (Lipinski definition) is 1. The van der Waals surface area contributed by atoms with Crippen molar-refractivity contribution in [1.29, 1.82) is 0 Å². The zero-order valence-corrected chi connectivity index (χ0v) is 9.63. The van der Waals surface area contributed by atoms with E-state index >= 15 is 0 Å². The van der Waals surface area contributed by atoms with Gasteiger partial charge in [0.2, 0.25) is 0 Å². The van der Waals surface area contributed by atoms with Gasteiger partial charge in [-0.2, -0.15) is 0 Å². The molecule has 0 aromatic heterocycles. The van der Waals surface area contributed by atoms with Crippen LogP contribution in [0.2, 0.25) is 0 Å². The van der Waals surface area contributed by atoms with E-state index < -0.39 is 21.8 Å². The van der Waals surface area contributed by atoms with E-state index in [1.165, 1.54) is 0 Å². The number of nitrogens with two attached hydrogens (primary N) is 1. The summed E-state index contributed by atoms with van der Waals surface area (Å²) < 4.78 is 27.1. The fourth-order valence-corrected chi connectivity index (χ4v) is 3.23. The minimum atomic E-state index is -2.89. The lowest BCUT2D eigenvalue weighted by Gasteiger charge is -2.25. The summed E-state index contributed by atoms with van der Waals surface area (Å²) in [6, 6.07) is -0.680. The molecular formula is C9H17NO4S. The molecule has 1 aliphatic heterocycles. The molecule has 1 fully saturated rings. The van der Waals surface area contributed by atoms with Crippen molar-refractivity contribution in [3.05, 3.63) is 0 Å². The smallest absolute Gasteiger partial charge is 0.323 e. The summed E-state index contributed by atoms with van der Waals surface area (Å²) in [6.45, 7) is 2.02. The van der Waals surface area contributed by atoms with Crippen molar-refractivity contribution in [3.63, 3.8) is 0 Å². The third-order valence-corrected chi connectivity index (χ3v) is 4.38. The van der Waals surface area contributed by atoms with Crippen LogP contribution in [0.15, 0.2) is 0 Å². The Morgan fingerprint density at radius 3 is 2.47 bits per heavy atom. The van der Waals surface area contributed by atoms with Crippen LogP contribution in [0.25, 0.3) is 0 Å². The zero-order chi connectivity index (χ0) is 11.5. The summed E-state index contributed by atoms with van der Waals surface area (Å²) in [5.41, 5.74) is 5.70. The average molecular weight is 235 g/mol. The molecule has 5 nitrogen and oxygen atoms in total. The molecule has 0 aliphatic carbocycles. The Labute approximate surface area is 89.9 Å². The third kappa shape index (κ3) is 3.46. The third-order valence-electron chi connectivity index (χ3n) is 2.67. The van der Waals surface area contributed by atoms with E-state index in [4.69, 9.17) is 10.5 Å². The molecule has 0 aromatic carbocycles. The van der Waals surface area contributed by atoms with Gasteiger partial charge in [0.25, 0.3) is 0 Å². The maximum absolute atomic E-state index is 11.3. The summed E-state index contributed by atoms with van der Waals surface area (Å²) in [4.78, 5) is 11.3. The van der Waals surface area contributed by atoms with E-state index in [1.54, 1.807) is 6.92 Å². The summed E-state index contributed by atoms with van der Waals surface area (Å²) >= 11 is 0. The van der Waals surface area contributed by atoms with Gasteiger partial charge in [-0.1, -0.05) is 0 Å². The van der Waals surface area contributed by atoms with Gasteiger partial charge in [0.05, 0.1) is 18.1 Å². The summed E-state index contributed by atoms with van der Waals surface area (Å²) in [5, 5.41) is 0. The van der Waals surface area contributed by atoms with Crippen LogP contribution in [0.1, 0.15) is 19.8 Å². The number of sulfone groups is 1. The zero-order valence-electron chi connectivity index (χ0n) is 8.81. The van der Waals surface area contributed by atoms with Crippen LogP contribution in [0.5, 0.6) is 0 Å². The molecule has 1 rings (SSSR count). The molecule has 1 unspecified atom stereocenters. The van der Waals surface area contributed by atoms with Crippen LogP contribution >= 0.6 is 0 Å². The highest BCUT2D eigenvalue weighted by molar-refractivity contribution is 7.91. The number of esters is 1. The van der Waals surface area contributed by atoms with Gasteiger partial charge >= 0.3 is 5.97 Å². The van der Waals surface area contributed by atoms with Crippen molar-refractivity contribution in [3.8, 4) is 0 Å². The van der Waals surface area contributed by atoms with E-state index in [2.05, 4.69) is 0 Å². The first-order valence-corrected chi connectivity index (χ1v) is 6.91. The second-order valence-electron chi connectivity index (χ2n) is 3.77. The first kappa shape index (κ1) is 12.4. The van der Waals surface area contributed by atoms with Gasteiger partial charge in [0.1, 0.15) is 15.9 Å². The van der Waals surface area contributed by atoms with E-state index in [0.717, 1.165) is 0 Å². The van der Waals surface area contributed by atoms with Crippen LogP contribution in [0, 0.1) is 5.92 Å². The standard InChI is InChI=1S/C9H17NO4S/c1-2-14-9(11)8(10)7-3-5-15(12,13)6-4-7/h7-8H,2-6,10H2,1H3. The van der Waals surface area contributed by atoms with Crippen molar-refractivity contribution in [2.24, 2.45) is 11.7 Å². The quantitative estimate of drug-likeness (QED) is 0.679. The lowest BCUT2D eigenvalue weighted by atomic mass is 9.94. The first-order chi connectivity index (χ1) is 6.96. The maximum Gasteiger partial charge on any atom is 0.323 e. The molecule has 0 radical (unpaired) electrons. The number of rotatable bonds is 3. The van der Waals surface area contributed by atoms with Crippen molar-refractivity contribution >= 4 is 15.8 Å². The Kier molecular flexibility index (Phi) is 4.10. The van der Waals surface area contributed by atoms with Gasteiger partial charge < -0.3 is 10.5 Å². The Morgan fingerprint density at radius 2 is 2.00 bits per heavy atom. The van der Waals surface area contributed by atoms with Crippen LogP contribution in [-0.2, 0) is 19.4 Å². The highest BCUT2D eigenvalue weighted by Crippen LogP contribution is 2.21. The Balaban J connectivity index is 2.49. The second-order valence-corrected chi connectivity index (χ2v) is 6.07. The highest BCUT2D eigenvalue weighted by atomic mass is 32.2. The molecule has 2 N–H and O–H groups in total. The predicted molar refractivity (Wildman–Crippen MR) is 56.0 cm³/mol. The van der Waals surface area contributed by atoms with Gasteiger partial charge in [-0.15, -0.1) is 0 Å². The molecule has 15 heavy (non-hydrogen) atoms. The number of ether oxygens (including phenoxy) is 1. The summed E-state index contributed by atoms with van der Waals surface area (Å²) in [7, 11) is -2.89. The van der Waals surface area contributed by atoms with E-state index in [0.29, 0.717) is 19.4 Å². The molecule has 0 spiro atoms. The van der Waals surface area contributed by atoms with E-state index in [1.807, 2.05) is 0 Å². The Morgan fingerprint density at radius 1 is 1.47 bits per heavy atom. The number of hydrogen-bond acceptors (Lipinski definition) is 5. The Hall–Kier alpha value is -0.620. The van der Waals surface area contributed by atoms with Crippen molar-refractivity contribution in [1.82, 2.24) is 0 Å². The topological polar surface area (TPSA) is 86.5 Å². The molecule has 0 saturated carbocycles. The molecule has 0 bridgehead atoms. The molecule has 1 atom stereocenters. The number of carbonyl (C=O) groups excluding carboxylic acids is 1. The predicted octanol–water partition coefficient (Wildman–Crippen LogP) is -0.298. The minimum absolute atomic E-state index is 0.0624. The Bertz CT molecular complexity index is 311. The number of carbonyl (C=O) groups is 1. The molecule has 0 aromatic rings. The monoisotopic (exact) mass is 235 g/mol. The lowest BCUT2D eigenvalue weighted by Crippen LogP contribution is -2.43. The molecule has 1 saturated heterocycles. The first-order valence-electron chi connectivity index (χ1n) is 5.09. The maximum atomic E-state index is 11.3. The van der Waals surface area contributed by atoms with Crippen LogP contribution in [0.4, 0.5) is 0 Å². The van der Waals surface area contributed by atoms with Gasteiger partial charge in [-0.3, -0.25) is 4.79 Å². The van der Waals surface area contributed by atoms with E-state index in [-0.39, 0.29) is 17.4 Å². The molecule has 0 amide bonds. The molecular weight excluding hydrogens is 218 g/mol. The molecule has 6 heteroatoms. The largest absolute Gasteiger partial charge is 0.465 e. The summed E-state index contributed by atoms with van der Waals surface area (Å²) in [5.74, 6) is -0.232. The fourth-order valence-electron chi connectivity index (χ4n) is 1.70. The van der Waals surface area contributed by atoms with Crippen molar-refractivity contribution in [2.45, 2.75) is 25.8 Å². The lowest BCUT2D eigenvalue weighted by molar-refractivity contribution is -0.146. The van der Waals surface area contributed by atoms with Crippen LogP contribution in [0.3, 0.4) is 0 Å². The fraction of sp³-hybridized carbons (Fsp3) is 0.889. The normalized spacial score (nSPS) is 23.3. The molecule has 88 valence electrons. The van der Waals surface area contributed by atoms with Crippen LogP contribution in [-0.4, -0.2) is 38.5 Å². The van der Waals surface area contributed by atoms with Crippen molar-refractivity contribution in [2.75, 3.05) is 18.1 Å². The van der Waals surface area contributed by atoms with Crippen LogP contribution < -0.4 is 5.73 Å². The van der Waals surface area contributed by atoms with E-state index in [9.17, 15) is 13.2 Å². The molecule has 1 aliphatic rings.